The Morgan fingerprint density at radius 3 is 1.48 bits per heavy atom. The first-order valence-corrected chi connectivity index (χ1v) is 8.58. The van der Waals surface area contributed by atoms with Crippen LogP contribution in [0.3, 0.4) is 0 Å². The van der Waals surface area contributed by atoms with Gasteiger partial charge in [0.1, 0.15) is 13.1 Å². The Morgan fingerprint density at radius 2 is 1.17 bits per heavy atom. The topological polar surface area (TPSA) is 23.0 Å². The SMILES string of the molecule is CC(C)C([N-]c1ccccc1)C(C)C.C[NH+](C)CC[NH+](C)C.[Li+]. The number of benzene rings is 1. The summed E-state index contributed by atoms with van der Waals surface area (Å²) in [5.74, 6) is 1.21. The quantitative estimate of drug-likeness (QED) is 0.582. The molecule has 0 amide bonds. The van der Waals surface area contributed by atoms with Crippen molar-refractivity contribution in [2.24, 2.45) is 11.8 Å². The fourth-order valence-electron chi connectivity index (χ4n) is 2.25. The van der Waals surface area contributed by atoms with E-state index in [1.165, 1.54) is 22.9 Å². The zero-order chi connectivity index (χ0) is 17.1. The van der Waals surface area contributed by atoms with Gasteiger partial charge in [-0.05, 0) is 0 Å². The van der Waals surface area contributed by atoms with Gasteiger partial charge in [-0.1, -0.05) is 69.9 Å². The Bertz CT molecular complexity index is 348. The monoisotopic (exact) mass is 315 g/mol. The maximum Gasteiger partial charge on any atom is 1.00 e. The van der Waals surface area contributed by atoms with Crippen LogP contribution in [0.5, 0.6) is 0 Å². The van der Waals surface area contributed by atoms with Crippen molar-refractivity contribution >= 4 is 5.69 Å². The van der Waals surface area contributed by atoms with Gasteiger partial charge in [0.25, 0.3) is 0 Å². The molecule has 1 aromatic carbocycles. The summed E-state index contributed by atoms with van der Waals surface area (Å²) in [5.41, 5.74) is 1.10. The molecule has 1 rings (SSSR count). The van der Waals surface area contributed by atoms with Crippen molar-refractivity contribution in [3.05, 3.63) is 35.6 Å². The first kappa shape index (κ1) is 24.8. The zero-order valence-electron chi connectivity index (χ0n) is 17.0. The molecule has 0 atom stereocenters. The van der Waals surface area contributed by atoms with E-state index in [2.05, 4.69) is 68.0 Å². The van der Waals surface area contributed by atoms with E-state index >= 15 is 0 Å². The maximum atomic E-state index is 4.76. The summed E-state index contributed by atoms with van der Waals surface area (Å²) in [6.45, 7) is 11.5. The second-order valence-corrected chi connectivity index (χ2v) is 7.36. The Labute approximate surface area is 157 Å². The van der Waals surface area contributed by atoms with Crippen molar-refractivity contribution in [1.82, 2.24) is 0 Å². The van der Waals surface area contributed by atoms with E-state index in [4.69, 9.17) is 5.32 Å². The second kappa shape index (κ2) is 13.9. The number of nitrogens with zero attached hydrogens (tertiary/aromatic N) is 1. The van der Waals surface area contributed by atoms with Crippen LogP contribution in [0.2, 0.25) is 0 Å². The molecule has 0 aliphatic heterocycles. The summed E-state index contributed by atoms with van der Waals surface area (Å²) in [6, 6.07) is 10.7. The molecule has 0 saturated heterocycles. The number of para-hydroxylation sites is 1. The van der Waals surface area contributed by atoms with Crippen molar-refractivity contribution in [2.45, 2.75) is 33.7 Å². The Hall–Kier alpha value is -0.463. The van der Waals surface area contributed by atoms with Crippen molar-refractivity contribution in [3.63, 3.8) is 0 Å². The molecule has 2 N–H and O–H groups in total. The van der Waals surface area contributed by atoms with Crippen molar-refractivity contribution < 1.29 is 28.7 Å². The molecule has 3 nitrogen and oxygen atoms in total. The molecule has 0 spiro atoms. The van der Waals surface area contributed by atoms with Crippen LogP contribution >= 0.6 is 0 Å². The van der Waals surface area contributed by atoms with E-state index in [-0.39, 0.29) is 18.9 Å². The van der Waals surface area contributed by atoms with E-state index in [0.717, 1.165) is 5.69 Å². The third-order valence-electron chi connectivity index (χ3n) is 3.55. The van der Waals surface area contributed by atoms with Gasteiger partial charge < -0.3 is 15.1 Å². The Kier molecular flexibility index (Phi) is 15.0. The molecule has 0 unspecified atom stereocenters. The van der Waals surface area contributed by atoms with Gasteiger partial charge in [-0.3, -0.25) is 0 Å². The van der Waals surface area contributed by atoms with Crippen LogP contribution in [0.15, 0.2) is 30.3 Å². The van der Waals surface area contributed by atoms with Gasteiger partial charge in [0, 0.05) is 0 Å². The summed E-state index contributed by atoms with van der Waals surface area (Å²) in [5, 5.41) is 4.76. The number of nitrogens with one attached hydrogen (secondary N) is 2. The fraction of sp³-hybridized carbons (Fsp3) is 0.684. The van der Waals surface area contributed by atoms with E-state index < -0.39 is 0 Å². The first-order valence-electron chi connectivity index (χ1n) is 8.58. The normalized spacial score (nSPS) is 10.8. The summed E-state index contributed by atoms with van der Waals surface area (Å²) >= 11 is 0. The van der Waals surface area contributed by atoms with Gasteiger partial charge >= 0.3 is 18.9 Å². The number of likely N-dealkylation sites (N-methyl/N-ethyl adjacent to an activating group) is 2. The van der Waals surface area contributed by atoms with Gasteiger partial charge in [0.2, 0.25) is 0 Å². The second-order valence-electron chi connectivity index (χ2n) is 7.36. The molecule has 0 heterocycles. The fourth-order valence-corrected chi connectivity index (χ4v) is 2.25. The third-order valence-corrected chi connectivity index (χ3v) is 3.55. The minimum Gasteiger partial charge on any atom is -0.681 e. The third kappa shape index (κ3) is 13.7. The molecular weight excluding hydrogens is 277 g/mol. The molecule has 0 fully saturated rings. The molecule has 0 aromatic heterocycles. The smallest absolute Gasteiger partial charge is 0.681 e. The van der Waals surface area contributed by atoms with Crippen LogP contribution in [-0.4, -0.2) is 47.3 Å². The Balaban J connectivity index is 0. The predicted molar refractivity (Wildman–Crippen MR) is 98.3 cm³/mol. The molecule has 4 heteroatoms. The summed E-state index contributed by atoms with van der Waals surface area (Å²) in [7, 11) is 8.73. The average Bonchev–Trinajstić information content (AvgIpc) is 2.43. The van der Waals surface area contributed by atoms with Gasteiger partial charge in [0.05, 0.1) is 28.2 Å². The molecular formula is C19H38LiN3+2. The summed E-state index contributed by atoms with van der Waals surface area (Å²) in [4.78, 5) is 3.07. The minimum absolute atomic E-state index is 0. The van der Waals surface area contributed by atoms with Crippen LogP contribution in [0.4, 0.5) is 5.69 Å². The molecule has 1 aromatic rings. The number of hydrogen-bond donors (Lipinski definition) is 2. The summed E-state index contributed by atoms with van der Waals surface area (Å²) in [6.07, 6.45) is 0. The van der Waals surface area contributed by atoms with E-state index in [9.17, 15) is 0 Å². The van der Waals surface area contributed by atoms with Crippen LogP contribution in [0.1, 0.15) is 27.7 Å². The first-order chi connectivity index (χ1) is 10.2. The van der Waals surface area contributed by atoms with Gasteiger partial charge in [0.15, 0.2) is 0 Å². The van der Waals surface area contributed by atoms with Crippen molar-refractivity contribution in [1.29, 1.82) is 0 Å². The minimum atomic E-state index is 0. The van der Waals surface area contributed by atoms with Crippen molar-refractivity contribution in [3.8, 4) is 0 Å². The number of hydrogen-bond acceptors (Lipinski definition) is 0. The summed E-state index contributed by atoms with van der Waals surface area (Å²) < 4.78 is 0. The van der Waals surface area contributed by atoms with Crippen LogP contribution in [-0.2, 0) is 0 Å². The maximum absolute atomic E-state index is 4.76. The average molecular weight is 315 g/mol. The largest absolute Gasteiger partial charge is 1.00 e. The zero-order valence-corrected chi connectivity index (χ0v) is 17.0. The molecule has 0 bridgehead atoms. The van der Waals surface area contributed by atoms with Crippen LogP contribution < -0.4 is 28.7 Å². The molecule has 0 aliphatic carbocycles. The van der Waals surface area contributed by atoms with Gasteiger partial charge in [-0.15, -0.1) is 11.7 Å². The van der Waals surface area contributed by atoms with E-state index in [1.807, 2.05) is 18.2 Å². The molecule has 23 heavy (non-hydrogen) atoms. The van der Waals surface area contributed by atoms with Gasteiger partial charge in [-0.25, -0.2) is 0 Å². The standard InChI is InChI=1S/C13H20N.C6H16N2.Li/c1-10(2)13(11(3)4)14-12-8-6-5-7-9-12;1-7(2)5-6-8(3)4;/h5-11,13H,1-4H3;5-6H2,1-4H3;/q-1;;+1/p+2. The predicted octanol–water partition coefficient (Wildman–Crippen LogP) is -1.35. The van der Waals surface area contributed by atoms with E-state index in [1.54, 1.807) is 0 Å². The number of rotatable bonds is 7. The van der Waals surface area contributed by atoms with Crippen LogP contribution in [0.25, 0.3) is 5.32 Å². The Morgan fingerprint density at radius 1 is 0.783 bits per heavy atom. The molecule has 0 aliphatic rings. The number of quaternary nitrogens is 2. The van der Waals surface area contributed by atoms with Crippen LogP contribution in [0, 0.1) is 11.8 Å². The van der Waals surface area contributed by atoms with E-state index in [0.29, 0.717) is 17.9 Å². The van der Waals surface area contributed by atoms with Gasteiger partial charge in [-0.2, -0.15) is 0 Å². The molecule has 128 valence electrons. The molecule has 0 saturated carbocycles. The van der Waals surface area contributed by atoms with Crippen molar-refractivity contribution in [2.75, 3.05) is 41.3 Å². The molecule has 0 radical (unpaired) electrons.